The van der Waals surface area contributed by atoms with Gasteiger partial charge in [-0.2, -0.15) is 0 Å². The van der Waals surface area contributed by atoms with Crippen LogP contribution in [0.5, 0.6) is 5.75 Å². The molecule has 1 saturated carbocycles. The zero-order valence-electron chi connectivity index (χ0n) is 11.5. The molecule has 0 saturated heterocycles. The number of benzene rings is 1. The third-order valence-corrected chi connectivity index (χ3v) is 3.64. The lowest BCUT2D eigenvalue weighted by molar-refractivity contribution is 0.0281. The van der Waals surface area contributed by atoms with Gasteiger partial charge >= 0.3 is 0 Å². The minimum atomic E-state index is -0.0386. The average Bonchev–Trinajstić information content (AvgIpc) is 3.19. The molecule has 1 fully saturated rings. The monoisotopic (exact) mass is 249 g/mol. The van der Waals surface area contributed by atoms with Gasteiger partial charge in [0.25, 0.3) is 0 Å². The Morgan fingerprint density at radius 2 is 2.11 bits per heavy atom. The van der Waals surface area contributed by atoms with E-state index in [-0.39, 0.29) is 12.1 Å². The summed E-state index contributed by atoms with van der Waals surface area (Å²) in [6.07, 6.45) is 2.64. The first kappa shape index (κ1) is 13.4. The van der Waals surface area contributed by atoms with Gasteiger partial charge in [0.2, 0.25) is 0 Å². The van der Waals surface area contributed by atoms with Gasteiger partial charge < -0.3 is 15.2 Å². The van der Waals surface area contributed by atoms with E-state index in [0.717, 1.165) is 12.4 Å². The highest BCUT2D eigenvalue weighted by atomic mass is 16.5. The molecule has 2 N–H and O–H groups in total. The molecule has 1 aromatic carbocycles. The van der Waals surface area contributed by atoms with Crippen LogP contribution in [-0.2, 0) is 4.74 Å². The highest BCUT2D eigenvalue weighted by Gasteiger charge is 2.36. The van der Waals surface area contributed by atoms with E-state index < -0.39 is 0 Å². The normalized spacial score (nSPS) is 18.4. The van der Waals surface area contributed by atoms with Gasteiger partial charge in [0, 0.05) is 6.61 Å². The Balaban J connectivity index is 2.18. The molecule has 1 aromatic rings. The van der Waals surface area contributed by atoms with E-state index in [9.17, 15) is 0 Å². The summed E-state index contributed by atoms with van der Waals surface area (Å²) in [4.78, 5) is 0. The van der Waals surface area contributed by atoms with Crippen LogP contribution in [0, 0.1) is 12.8 Å². The first-order valence-corrected chi connectivity index (χ1v) is 6.69. The molecule has 2 rings (SSSR count). The molecule has 1 aliphatic rings. The van der Waals surface area contributed by atoms with Crippen LogP contribution in [0.25, 0.3) is 0 Å². The van der Waals surface area contributed by atoms with Crippen molar-refractivity contribution < 1.29 is 9.47 Å². The van der Waals surface area contributed by atoms with E-state index in [1.807, 2.05) is 19.1 Å². The van der Waals surface area contributed by atoms with Gasteiger partial charge in [0.15, 0.2) is 0 Å². The van der Waals surface area contributed by atoms with Crippen molar-refractivity contribution in [1.29, 1.82) is 0 Å². The van der Waals surface area contributed by atoms with Crippen LogP contribution >= 0.6 is 0 Å². The summed E-state index contributed by atoms with van der Waals surface area (Å²) in [5, 5.41) is 0. The molecular weight excluding hydrogens is 226 g/mol. The topological polar surface area (TPSA) is 44.5 Å². The predicted octanol–water partition coefficient (Wildman–Crippen LogP) is 2.82. The van der Waals surface area contributed by atoms with Gasteiger partial charge in [-0.3, -0.25) is 0 Å². The fraction of sp³-hybridized carbons (Fsp3) is 0.600. The molecule has 2 atom stereocenters. The molecule has 3 heteroatoms. The van der Waals surface area contributed by atoms with Crippen LogP contribution in [0.4, 0.5) is 0 Å². The van der Waals surface area contributed by atoms with Crippen molar-refractivity contribution in [1.82, 2.24) is 0 Å². The quantitative estimate of drug-likeness (QED) is 0.843. The first-order chi connectivity index (χ1) is 8.67. The van der Waals surface area contributed by atoms with Crippen molar-refractivity contribution in [3.8, 4) is 5.75 Å². The van der Waals surface area contributed by atoms with Crippen molar-refractivity contribution in [2.45, 2.75) is 38.8 Å². The molecule has 18 heavy (non-hydrogen) atoms. The van der Waals surface area contributed by atoms with Gasteiger partial charge in [-0.1, -0.05) is 6.07 Å². The van der Waals surface area contributed by atoms with Crippen molar-refractivity contribution in [3.63, 3.8) is 0 Å². The Hall–Kier alpha value is -1.06. The second-order valence-corrected chi connectivity index (χ2v) is 5.01. The number of nitrogens with two attached hydrogens (primary N) is 1. The van der Waals surface area contributed by atoms with Gasteiger partial charge in [-0.25, -0.2) is 0 Å². The van der Waals surface area contributed by atoms with E-state index in [2.05, 4.69) is 13.0 Å². The molecule has 1 aliphatic carbocycles. The van der Waals surface area contributed by atoms with Crippen molar-refractivity contribution in [2.75, 3.05) is 13.7 Å². The fourth-order valence-electron chi connectivity index (χ4n) is 2.48. The van der Waals surface area contributed by atoms with Crippen LogP contribution in [-0.4, -0.2) is 19.8 Å². The largest absolute Gasteiger partial charge is 0.497 e. The Morgan fingerprint density at radius 1 is 1.39 bits per heavy atom. The smallest absolute Gasteiger partial charge is 0.119 e. The molecule has 0 radical (unpaired) electrons. The van der Waals surface area contributed by atoms with E-state index in [1.165, 1.54) is 24.0 Å². The highest BCUT2D eigenvalue weighted by molar-refractivity contribution is 5.37. The van der Waals surface area contributed by atoms with Crippen molar-refractivity contribution in [3.05, 3.63) is 29.3 Å². The Kier molecular flexibility index (Phi) is 4.25. The number of ether oxygens (including phenoxy) is 2. The summed E-state index contributed by atoms with van der Waals surface area (Å²) in [7, 11) is 1.68. The summed E-state index contributed by atoms with van der Waals surface area (Å²) in [5.41, 5.74) is 8.73. The maximum atomic E-state index is 6.39. The van der Waals surface area contributed by atoms with Crippen LogP contribution in [0.2, 0.25) is 0 Å². The second-order valence-electron chi connectivity index (χ2n) is 5.01. The number of methoxy groups -OCH3 is 1. The van der Waals surface area contributed by atoms with Crippen molar-refractivity contribution >= 4 is 0 Å². The summed E-state index contributed by atoms with van der Waals surface area (Å²) in [6.45, 7) is 4.83. The maximum absolute atomic E-state index is 6.39. The van der Waals surface area contributed by atoms with Crippen LogP contribution in [0.1, 0.15) is 36.9 Å². The summed E-state index contributed by atoms with van der Waals surface area (Å²) in [6, 6.07) is 6.03. The Bertz CT molecular complexity index is 401. The number of rotatable bonds is 6. The SMILES string of the molecule is CCOC(C1CC1)C(N)c1ccc(OC)cc1C. The van der Waals surface area contributed by atoms with Crippen LogP contribution in [0.3, 0.4) is 0 Å². The number of hydrogen-bond acceptors (Lipinski definition) is 3. The van der Waals surface area contributed by atoms with Crippen LogP contribution < -0.4 is 10.5 Å². The molecular formula is C15H23NO2. The van der Waals surface area contributed by atoms with E-state index in [1.54, 1.807) is 7.11 Å². The van der Waals surface area contributed by atoms with Gasteiger partial charge in [-0.05, 0) is 55.9 Å². The molecule has 100 valence electrons. The zero-order chi connectivity index (χ0) is 13.1. The highest BCUT2D eigenvalue weighted by Crippen LogP contribution is 2.40. The molecule has 0 aromatic heterocycles. The van der Waals surface area contributed by atoms with Gasteiger partial charge in [0.05, 0.1) is 19.3 Å². The first-order valence-electron chi connectivity index (χ1n) is 6.69. The van der Waals surface area contributed by atoms with E-state index in [0.29, 0.717) is 5.92 Å². The Morgan fingerprint density at radius 3 is 2.61 bits per heavy atom. The number of hydrogen-bond donors (Lipinski definition) is 1. The molecule has 0 amide bonds. The molecule has 0 heterocycles. The third kappa shape index (κ3) is 2.85. The standard InChI is InChI=1S/C15H23NO2/c1-4-18-15(11-5-6-11)14(16)13-8-7-12(17-3)9-10(13)2/h7-9,11,14-15H,4-6,16H2,1-3H3. The Labute approximate surface area is 109 Å². The molecule has 0 aliphatic heterocycles. The van der Waals surface area contributed by atoms with E-state index >= 15 is 0 Å². The minimum absolute atomic E-state index is 0.0386. The predicted molar refractivity (Wildman–Crippen MR) is 72.8 cm³/mol. The van der Waals surface area contributed by atoms with Gasteiger partial charge in [0.1, 0.15) is 5.75 Å². The molecule has 2 unspecified atom stereocenters. The fourth-order valence-corrected chi connectivity index (χ4v) is 2.48. The van der Waals surface area contributed by atoms with Gasteiger partial charge in [-0.15, -0.1) is 0 Å². The second kappa shape index (κ2) is 5.72. The lowest BCUT2D eigenvalue weighted by Crippen LogP contribution is -2.31. The summed E-state index contributed by atoms with van der Waals surface area (Å²) >= 11 is 0. The summed E-state index contributed by atoms with van der Waals surface area (Å²) < 4.78 is 11.1. The maximum Gasteiger partial charge on any atom is 0.119 e. The molecule has 0 spiro atoms. The molecule has 3 nitrogen and oxygen atoms in total. The lowest BCUT2D eigenvalue weighted by Gasteiger charge is -2.25. The van der Waals surface area contributed by atoms with E-state index in [4.69, 9.17) is 15.2 Å². The summed E-state index contributed by atoms with van der Waals surface area (Å²) in [5.74, 6) is 1.52. The zero-order valence-corrected chi connectivity index (χ0v) is 11.5. The minimum Gasteiger partial charge on any atom is -0.497 e. The number of aryl methyl sites for hydroxylation is 1. The lowest BCUT2D eigenvalue weighted by atomic mass is 9.95. The average molecular weight is 249 g/mol. The third-order valence-electron chi connectivity index (χ3n) is 3.64. The van der Waals surface area contributed by atoms with Crippen LogP contribution in [0.15, 0.2) is 18.2 Å². The van der Waals surface area contributed by atoms with Crippen molar-refractivity contribution in [2.24, 2.45) is 11.7 Å². The molecule has 0 bridgehead atoms.